The van der Waals surface area contributed by atoms with Crippen molar-refractivity contribution >= 4 is 39.0 Å². The van der Waals surface area contributed by atoms with E-state index in [1.165, 1.54) is 50.1 Å². The summed E-state index contributed by atoms with van der Waals surface area (Å²) in [6.07, 6.45) is 0. The van der Waals surface area contributed by atoms with Gasteiger partial charge in [-0.3, -0.25) is 0 Å². The van der Waals surface area contributed by atoms with Gasteiger partial charge in [-0.25, -0.2) is 0 Å². The Labute approximate surface area is 367 Å². The van der Waals surface area contributed by atoms with Crippen LogP contribution in [0.15, 0.2) is 253 Å². The van der Waals surface area contributed by atoms with Crippen molar-refractivity contribution in [1.82, 2.24) is 0 Å². The summed E-state index contributed by atoms with van der Waals surface area (Å²) >= 11 is 0. The van der Waals surface area contributed by atoms with Gasteiger partial charge in [-0.2, -0.15) is 0 Å². The van der Waals surface area contributed by atoms with Crippen LogP contribution in [0.3, 0.4) is 0 Å². The molecule has 1 aromatic heterocycles. The highest BCUT2D eigenvalue weighted by molar-refractivity contribution is 6.12. The van der Waals surface area contributed by atoms with Gasteiger partial charge in [0.2, 0.25) is 0 Å². The van der Waals surface area contributed by atoms with Crippen LogP contribution >= 0.6 is 0 Å². The molecule has 10 aromatic carbocycles. The lowest BCUT2D eigenvalue weighted by Gasteiger charge is -2.35. The first-order chi connectivity index (χ1) is 31.2. The van der Waals surface area contributed by atoms with Crippen molar-refractivity contribution < 1.29 is 4.42 Å². The second-order valence-corrected chi connectivity index (χ2v) is 16.4. The molecule has 296 valence electrons. The van der Waals surface area contributed by atoms with E-state index in [4.69, 9.17) is 4.42 Å². The first-order valence-electron chi connectivity index (χ1n) is 21.7. The van der Waals surface area contributed by atoms with Crippen LogP contribution in [0.4, 0.5) is 17.1 Å². The topological polar surface area (TPSA) is 16.4 Å². The first-order valence-corrected chi connectivity index (χ1v) is 21.7. The zero-order valence-corrected chi connectivity index (χ0v) is 34.5. The summed E-state index contributed by atoms with van der Waals surface area (Å²) in [7, 11) is 0. The highest BCUT2D eigenvalue weighted by Crippen LogP contribution is 2.59. The molecule has 0 spiro atoms. The van der Waals surface area contributed by atoms with Crippen LogP contribution in [0, 0.1) is 0 Å². The predicted molar refractivity (Wildman–Crippen MR) is 262 cm³/mol. The molecule has 0 amide bonds. The Morgan fingerprint density at radius 3 is 1.40 bits per heavy atom. The minimum Gasteiger partial charge on any atom is -0.455 e. The van der Waals surface area contributed by atoms with E-state index >= 15 is 0 Å². The van der Waals surface area contributed by atoms with E-state index in [2.05, 4.69) is 254 Å². The molecule has 0 saturated heterocycles. The molecule has 0 N–H and O–H groups in total. The smallest absolute Gasteiger partial charge is 0.143 e. The molecule has 1 aliphatic rings. The van der Waals surface area contributed by atoms with Gasteiger partial charge >= 0.3 is 0 Å². The number of para-hydroxylation sites is 1. The van der Waals surface area contributed by atoms with E-state index in [0.29, 0.717) is 0 Å². The zero-order chi connectivity index (χ0) is 41.7. The monoisotopic (exact) mass is 803 g/mol. The molecule has 1 aliphatic carbocycles. The number of hydrogen-bond acceptors (Lipinski definition) is 2. The standard InChI is InChI=1S/C61H41NO/c1-6-18-42(19-7-1)45-30-32-50(33-31-45)62(52-39-46(43-20-8-2-9-21-43)38-47(40-52)44-22-10-3-11-23-44)51-34-35-55-57(41-51)61(48-24-12-4-13-25-48,49-26-14-5-15-27-49)56-37-36-54-53-28-16-17-29-58(53)63-60(54)59(55)56/h1-41H. The SMILES string of the molecule is c1ccc(-c2ccc(N(c3cc(-c4ccccc4)cc(-c4ccccc4)c3)c3ccc4c(c3)C(c3ccccc3)(c3ccccc3)c3ccc5c(oc6ccccc65)c3-4)cc2)cc1. The molecule has 11 aromatic rings. The Morgan fingerprint density at radius 2 is 0.810 bits per heavy atom. The number of fused-ring (bicyclic) bond motifs is 7. The molecule has 0 bridgehead atoms. The van der Waals surface area contributed by atoms with Crippen LogP contribution in [0.25, 0.3) is 66.4 Å². The summed E-state index contributed by atoms with van der Waals surface area (Å²) in [5, 5.41) is 2.26. The van der Waals surface area contributed by atoms with E-state index < -0.39 is 5.41 Å². The maximum Gasteiger partial charge on any atom is 0.143 e. The Hall–Kier alpha value is -8.20. The van der Waals surface area contributed by atoms with E-state index in [1.54, 1.807) is 0 Å². The largest absolute Gasteiger partial charge is 0.455 e. The molecule has 12 rings (SSSR count). The Balaban J connectivity index is 1.15. The summed E-state index contributed by atoms with van der Waals surface area (Å²) in [6.45, 7) is 0. The third-order valence-electron chi connectivity index (χ3n) is 12.9. The Morgan fingerprint density at radius 1 is 0.317 bits per heavy atom. The lowest BCUT2D eigenvalue weighted by Crippen LogP contribution is -2.28. The molecule has 63 heavy (non-hydrogen) atoms. The van der Waals surface area contributed by atoms with Gasteiger partial charge in [0, 0.05) is 33.4 Å². The molecule has 0 aliphatic heterocycles. The van der Waals surface area contributed by atoms with Crippen molar-refractivity contribution in [3.8, 4) is 44.5 Å². The molecule has 0 unspecified atom stereocenters. The highest BCUT2D eigenvalue weighted by atomic mass is 16.3. The van der Waals surface area contributed by atoms with Gasteiger partial charge in [0.25, 0.3) is 0 Å². The maximum atomic E-state index is 6.88. The molecule has 0 saturated carbocycles. The molecule has 0 fully saturated rings. The normalized spacial score (nSPS) is 12.6. The molecule has 2 heteroatoms. The lowest BCUT2D eigenvalue weighted by atomic mass is 9.67. The predicted octanol–water partition coefficient (Wildman–Crippen LogP) is 16.4. The number of hydrogen-bond donors (Lipinski definition) is 0. The number of benzene rings is 10. The zero-order valence-electron chi connectivity index (χ0n) is 34.5. The Kier molecular flexibility index (Phi) is 8.76. The van der Waals surface area contributed by atoms with E-state index in [9.17, 15) is 0 Å². The fourth-order valence-corrected chi connectivity index (χ4v) is 10.1. The molecule has 0 atom stereocenters. The van der Waals surface area contributed by atoms with E-state index in [1.807, 2.05) is 0 Å². The highest BCUT2D eigenvalue weighted by Gasteiger charge is 2.47. The second-order valence-electron chi connectivity index (χ2n) is 16.4. The van der Waals surface area contributed by atoms with Crippen LogP contribution < -0.4 is 4.90 Å². The average Bonchev–Trinajstić information content (AvgIpc) is 3.89. The number of furan rings is 1. The number of anilines is 3. The number of nitrogens with zero attached hydrogens (tertiary/aromatic N) is 1. The molecular formula is C61H41NO. The lowest BCUT2D eigenvalue weighted by molar-refractivity contribution is 0.669. The third-order valence-corrected chi connectivity index (χ3v) is 12.9. The molecule has 2 nitrogen and oxygen atoms in total. The molecule has 0 radical (unpaired) electrons. The van der Waals surface area contributed by atoms with Crippen LogP contribution in [0.1, 0.15) is 22.3 Å². The van der Waals surface area contributed by atoms with Gasteiger partial charge in [-0.05, 0) is 110 Å². The van der Waals surface area contributed by atoms with Gasteiger partial charge in [0.15, 0.2) is 0 Å². The van der Waals surface area contributed by atoms with Crippen LogP contribution in [0.5, 0.6) is 0 Å². The van der Waals surface area contributed by atoms with E-state index in [-0.39, 0.29) is 0 Å². The summed E-state index contributed by atoms with van der Waals surface area (Å²) < 4.78 is 6.88. The Bertz CT molecular complexity index is 3310. The van der Waals surface area contributed by atoms with Crippen molar-refractivity contribution in [3.05, 3.63) is 271 Å². The molecular weight excluding hydrogens is 763 g/mol. The summed E-state index contributed by atoms with van der Waals surface area (Å²) in [6, 6.07) is 90.3. The van der Waals surface area contributed by atoms with Crippen molar-refractivity contribution in [1.29, 1.82) is 0 Å². The third kappa shape index (κ3) is 6.02. The van der Waals surface area contributed by atoms with Crippen LogP contribution in [0.2, 0.25) is 0 Å². The van der Waals surface area contributed by atoms with Gasteiger partial charge < -0.3 is 9.32 Å². The van der Waals surface area contributed by atoms with Gasteiger partial charge in [0.05, 0.1) is 5.41 Å². The second kappa shape index (κ2) is 15.1. The van der Waals surface area contributed by atoms with Crippen molar-refractivity contribution in [2.45, 2.75) is 5.41 Å². The maximum absolute atomic E-state index is 6.88. The average molecular weight is 804 g/mol. The number of rotatable bonds is 8. The fraction of sp³-hybridized carbons (Fsp3) is 0.0164. The summed E-state index contributed by atoms with van der Waals surface area (Å²) in [5.74, 6) is 0. The van der Waals surface area contributed by atoms with Gasteiger partial charge in [-0.15, -0.1) is 0 Å². The van der Waals surface area contributed by atoms with Crippen molar-refractivity contribution in [2.24, 2.45) is 0 Å². The minimum absolute atomic E-state index is 0.639. The summed E-state index contributed by atoms with van der Waals surface area (Å²) in [4.78, 5) is 2.44. The fourth-order valence-electron chi connectivity index (χ4n) is 10.1. The van der Waals surface area contributed by atoms with E-state index in [0.717, 1.165) is 55.7 Å². The van der Waals surface area contributed by atoms with Gasteiger partial charge in [0.1, 0.15) is 11.2 Å². The summed E-state index contributed by atoms with van der Waals surface area (Å²) in [5.41, 5.74) is 18.6. The van der Waals surface area contributed by atoms with Crippen LogP contribution in [-0.4, -0.2) is 0 Å². The van der Waals surface area contributed by atoms with Crippen molar-refractivity contribution in [2.75, 3.05) is 4.90 Å². The van der Waals surface area contributed by atoms with Crippen LogP contribution in [-0.2, 0) is 5.41 Å². The molecule has 1 heterocycles. The van der Waals surface area contributed by atoms with Gasteiger partial charge in [-0.1, -0.05) is 200 Å². The first kappa shape index (κ1) is 36.6. The minimum atomic E-state index is -0.639. The van der Waals surface area contributed by atoms with Crippen molar-refractivity contribution in [3.63, 3.8) is 0 Å². The quantitative estimate of drug-likeness (QED) is 0.152.